The van der Waals surface area contributed by atoms with Gasteiger partial charge in [0.25, 0.3) is 0 Å². The number of ether oxygens (including phenoxy) is 1. The Hall–Kier alpha value is -1.50. The first kappa shape index (κ1) is 14.9. The maximum atomic E-state index is 12.0. The SMILES string of the molecule is O=C(O)C1CN(C(=O)Nc2ccc(Cl)cc2Cl)CCO1. The number of carboxylic acids is 1. The van der Waals surface area contributed by atoms with Crippen molar-refractivity contribution in [1.82, 2.24) is 4.90 Å². The molecule has 6 nitrogen and oxygen atoms in total. The number of anilines is 1. The topological polar surface area (TPSA) is 78.9 Å². The number of carbonyl (C=O) groups is 2. The second-order valence-corrected chi connectivity index (χ2v) is 5.04. The summed E-state index contributed by atoms with van der Waals surface area (Å²) in [5.41, 5.74) is 0.416. The summed E-state index contributed by atoms with van der Waals surface area (Å²) in [4.78, 5) is 24.3. The first-order valence-corrected chi connectivity index (χ1v) is 6.58. The van der Waals surface area contributed by atoms with Gasteiger partial charge in [-0.25, -0.2) is 9.59 Å². The molecule has 2 amide bonds. The van der Waals surface area contributed by atoms with E-state index in [9.17, 15) is 9.59 Å². The van der Waals surface area contributed by atoms with E-state index in [1.54, 1.807) is 12.1 Å². The molecule has 2 N–H and O–H groups in total. The summed E-state index contributed by atoms with van der Waals surface area (Å²) in [5.74, 6) is -1.09. The van der Waals surface area contributed by atoms with E-state index >= 15 is 0 Å². The quantitative estimate of drug-likeness (QED) is 0.877. The number of halogens is 2. The highest BCUT2D eigenvalue weighted by atomic mass is 35.5. The third-order valence-electron chi connectivity index (χ3n) is 2.80. The average Bonchev–Trinajstić information content (AvgIpc) is 2.42. The average molecular weight is 319 g/mol. The van der Waals surface area contributed by atoms with Crippen LogP contribution in [0.15, 0.2) is 18.2 Å². The van der Waals surface area contributed by atoms with Crippen molar-refractivity contribution in [2.75, 3.05) is 25.0 Å². The highest BCUT2D eigenvalue weighted by Gasteiger charge is 2.29. The molecule has 0 bridgehead atoms. The molecule has 20 heavy (non-hydrogen) atoms. The van der Waals surface area contributed by atoms with E-state index in [1.807, 2.05) is 0 Å². The normalized spacial score (nSPS) is 18.7. The van der Waals surface area contributed by atoms with Gasteiger partial charge in [0.2, 0.25) is 0 Å². The molecule has 8 heteroatoms. The minimum atomic E-state index is -1.09. The largest absolute Gasteiger partial charge is 0.479 e. The number of carbonyl (C=O) groups excluding carboxylic acids is 1. The van der Waals surface area contributed by atoms with E-state index in [1.165, 1.54) is 11.0 Å². The molecular formula is C12H12Cl2N2O4. The summed E-state index contributed by atoms with van der Waals surface area (Å²) in [6.07, 6.45) is -1.00. The molecule has 0 radical (unpaired) electrons. The molecule has 0 saturated carbocycles. The highest BCUT2D eigenvalue weighted by molar-refractivity contribution is 6.36. The number of hydrogen-bond donors (Lipinski definition) is 2. The van der Waals surface area contributed by atoms with Crippen molar-refractivity contribution >= 4 is 40.9 Å². The Balaban J connectivity index is 2.02. The molecule has 1 aromatic carbocycles. The van der Waals surface area contributed by atoms with E-state index in [0.717, 1.165) is 0 Å². The second kappa shape index (κ2) is 6.30. The third-order valence-corrected chi connectivity index (χ3v) is 3.35. The molecule has 1 heterocycles. The van der Waals surface area contributed by atoms with Crippen LogP contribution in [0, 0.1) is 0 Å². The van der Waals surface area contributed by atoms with Crippen LogP contribution in [0.5, 0.6) is 0 Å². The van der Waals surface area contributed by atoms with Crippen molar-refractivity contribution in [3.8, 4) is 0 Å². The van der Waals surface area contributed by atoms with Gasteiger partial charge in [0.15, 0.2) is 6.10 Å². The number of hydrogen-bond acceptors (Lipinski definition) is 3. The summed E-state index contributed by atoms with van der Waals surface area (Å²) in [7, 11) is 0. The molecular weight excluding hydrogens is 307 g/mol. The van der Waals surface area contributed by atoms with Crippen LogP contribution in [0.1, 0.15) is 0 Å². The first-order chi connectivity index (χ1) is 9.47. The van der Waals surface area contributed by atoms with Crippen molar-refractivity contribution in [2.45, 2.75) is 6.10 Å². The summed E-state index contributed by atoms with van der Waals surface area (Å²) in [6, 6.07) is 4.27. The number of morpholine rings is 1. The van der Waals surface area contributed by atoms with Gasteiger partial charge >= 0.3 is 12.0 Å². The Kier molecular flexibility index (Phi) is 4.69. The van der Waals surface area contributed by atoms with Gasteiger partial charge in [0.1, 0.15) is 0 Å². The number of urea groups is 1. The molecule has 0 aromatic heterocycles. The fraction of sp³-hybridized carbons (Fsp3) is 0.333. The van der Waals surface area contributed by atoms with E-state index in [4.69, 9.17) is 33.0 Å². The van der Waals surface area contributed by atoms with Crippen LogP contribution < -0.4 is 5.32 Å². The molecule has 1 aromatic rings. The maximum Gasteiger partial charge on any atom is 0.334 e. The van der Waals surface area contributed by atoms with Crippen LogP contribution in [-0.2, 0) is 9.53 Å². The predicted octanol–water partition coefficient (Wildman–Crippen LogP) is 2.31. The number of aliphatic carboxylic acids is 1. The van der Waals surface area contributed by atoms with Gasteiger partial charge < -0.3 is 20.1 Å². The zero-order chi connectivity index (χ0) is 14.7. The number of rotatable bonds is 2. The highest BCUT2D eigenvalue weighted by Crippen LogP contribution is 2.25. The van der Waals surface area contributed by atoms with E-state index in [2.05, 4.69) is 5.32 Å². The third kappa shape index (κ3) is 3.53. The number of carboxylic acid groups (broad SMARTS) is 1. The van der Waals surface area contributed by atoms with Gasteiger partial charge in [0, 0.05) is 11.6 Å². The first-order valence-electron chi connectivity index (χ1n) is 5.83. The molecule has 1 aliphatic heterocycles. The number of nitrogens with one attached hydrogen (secondary N) is 1. The maximum absolute atomic E-state index is 12.0. The zero-order valence-corrected chi connectivity index (χ0v) is 11.8. The van der Waals surface area contributed by atoms with Crippen molar-refractivity contribution < 1.29 is 19.4 Å². The van der Waals surface area contributed by atoms with Gasteiger partial charge in [-0.05, 0) is 18.2 Å². The lowest BCUT2D eigenvalue weighted by molar-refractivity contribution is -0.154. The lowest BCUT2D eigenvalue weighted by atomic mass is 10.3. The smallest absolute Gasteiger partial charge is 0.334 e. The van der Waals surface area contributed by atoms with Gasteiger partial charge in [-0.1, -0.05) is 23.2 Å². The van der Waals surface area contributed by atoms with Crippen LogP contribution in [0.3, 0.4) is 0 Å². The van der Waals surface area contributed by atoms with Crippen molar-refractivity contribution in [3.63, 3.8) is 0 Å². The van der Waals surface area contributed by atoms with Gasteiger partial charge in [-0.15, -0.1) is 0 Å². The second-order valence-electron chi connectivity index (χ2n) is 4.20. The van der Waals surface area contributed by atoms with E-state index in [0.29, 0.717) is 22.3 Å². The molecule has 1 atom stereocenters. The Morgan fingerprint density at radius 2 is 2.15 bits per heavy atom. The lowest BCUT2D eigenvalue weighted by Crippen LogP contribution is -2.49. The Bertz CT molecular complexity index is 538. The molecule has 2 rings (SSSR count). The van der Waals surface area contributed by atoms with Gasteiger partial charge in [-0.3, -0.25) is 0 Å². The minimum Gasteiger partial charge on any atom is -0.479 e. The molecule has 1 saturated heterocycles. The molecule has 108 valence electrons. The van der Waals surface area contributed by atoms with Crippen LogP contribution in [0.25, 0.3) is 0 Å². The fourth-order valence-electron chi connectivity index (χ4n) is 1.77. The Morgan fingerprint density at radius 3 is 2.80 bits per heavy atom. The van der Waals surface area contributed by atoms with Crippen molar-refractivity contribution in [2.24, 2.45) is 0 Å². The monoisotopic (exact) mass is 318 g/mol. The van der Waals surface area contributed by atoms with Crippen molar-refractivity contribution in [3.05, 3.63) is 28.2 Å². The van der Waals surface area contributed by atoms with Crippen LogP contribution >= 0.6 is 23.2 Å². The number of amides is 2. The number of benzene rings is 1. The van der Waals surface area contributed by atoms with Gasteiger partial charge in [0.05, 0.1) is 23.9 Å². The van der Waals surface area contributed by atoms with E-state index < -0.39 is 18.1 Å². The summed E-state index contributed by atoms with van der Waals surface area (Å²) < 4.78 is 5.04. The molecule has 1 fully saturated rings. The molecule has 1 aliphatic rings. The van der Waals surface area contributed by atoms with E-state index in [-0.39, 0.29) is 13.2 Å². The molecule has 1 unspecified atom stereocenters. The lowest BCUT2D eigenvalue weighted by Gasteiger charge is -2.30. The van der Waals surface area contributed by atoms with Crippen LogP contribution in [0.4, 0.5) is 10.5 Å². The minimum absolute atomic E-state index is 0.00756. The Labute approximate surface area is 125 Å². The predicted molar refractivity (Wildman–Crippen MR) is 74.4 cm³/mol. The summed E-state index contributed by atoms with van der Waals surface area (Å²) in [6.45, 7) is 0.492. The van der Waals surface area contributed by atoms with Crippen molar-refractivity contribution in [1.29, 1.82) is 0 Å². The fourth-order valence-corrected chi connectivity index (χ4v) is 2.22. The summed E-state index contributed by atoms with van der Waals surface area (Å²) in [5, 5.41) is 12.3. The standard InChI is InChI=1S/C12H12Cl2N2O4/c13-7-1-2-9(8(14)5-7)15-12(19)16-3-4-20-10(6-16)11(17)18/h1-2,5,10H,3-4,6H2,(H,15,19)(H,17,18). The molecule has 0 aliphatic carbocycles. The summed E-state index contributed by atoms with van der Waals surface area (Å²) >= 11 is 11.7. The van der Waals surface area contributed by atoms with Gasteiger partial charge in [-0.2, -0.15) is 0 Å². The van der Waals surface area contributed by atoms with Crippen LogP contribution in [-0.4, -0.2) is 47.8 Å². The van der Waals surface area contributed by atoms with Crippen LogP contribution in [0.2, 0.25) is 10.0 Å². The number of nitrogens with zero attached hydrogens (tertiary/aromatic N) is 1. The zero-order valence-electron chi connectivity index (χ0n) is 10.3. The molecule has 0 spiro atoms. The Morgan fingerprint density at radius 1 is 1.40 bits per heavy atom.